The fourth-order valence-electron chi connectivity index (χ4n) is 3.22. The van der Waals surface area contributed by atoms with Gasteiger partial charge >= 0.3 is 0 Å². The number of nitrogens with one attached hydrogen (secondary N) is 1. The molecule has 0 radical (unpaired) electrons. The fraction of sp³-hybridized carbons (Fsp3) is 0.600. The molecule has 6 nitrogen and oxygen atoms in total. The molecule has 1 heterocycles. The van der Waals surface area contributed by atoms with Gasteiger partial charge in [-0.2, -0.15) is 0 Å². The summed E-state index contributed by atoms with van der Waals surface area (Å²) < 4.78 is 0. The topological polar surface area (TPSA) is 78.7 Å². The molecule has 1 aliphatic rings. The Hall–Kier alpha value is -1.92. The highest BCUT2D eigenvalue weighted by Gasteiger charge is 2.26. The minimum atomic E-state index is -0.575. The van der Waals surface area contributed by atoms with Crippen LogP contribution in [0.3, 0.4) is 0 Å². The molecule has 1 aromatic rings. The molecule has 2 amide bonds. The lowest BCUT2D eigenvalue weighted by Gasteiger charge is -2.37. The number of hydrogen-bond acceptors (Lipinski definition) is 4. The minimum Gasteiger partial charge on any atom is -0.346 e. The normalized spacial score (nSPS) is 17.1. The SMILES string of the molecule is CC(C)[C@H](N)C(=O)NCC(=O)N(C)C1CCN(Cc2ccccc2)CC1. The highest BCUT2D eigenvalue weighted by Crippen LogP contribution is 2.17. The number of hydrogen-bond donors (Lipinski definition) is 2. The summed E-state index contributed by atoms with van der Waals surface area (Å²) >= 11 is 0. The van der Waals surface area contributed by atoms with Gasteiger partial charge in [0.05, 0.1) is 12.6 Å². The van der Waals surface area contributed by atoms with E-state index in [2.05, 4.69) is 34.5 Å². The van der Waals surface area contributed by atoms with Crippen molar-refractivity contribution in [3.8, 4) is 0 Å². The van der Waals surface area contributed by atoms with Crippen molar-refractivity contribution >= 4 is 11.8 Å². The molecule has 1 aliphatic heterocycles. The Morgan fingerprint density at radius 3 is 2.42 bits per heavy atom. The van der Waals surface area contributed by atoms with Gasteiger partial charge in [-0.25, -0.2) is 0 Å². The fourth-order valence-corrected chi connectivity index (χ4v) is 3.22. The molecule has 1 atom stereocenters. The molecule has 26 heavy (non-hydrogen) atoms. The van der Waals surface area contributed by atoms with Crippen LogP contribution in [-0.2, 0) is 16.1 Å². The van der Waals surface area contributed by atoms with Crippen LogP contribution in [0.2, 0.25) is 0 Å². The lowest BCUT2D eigenvalue weighted by molar-refractivity contribution is -0.134. The Balaban J connectivity index is 1.74. The van der Waals surface area contributed by atoms with Gasteiger partial charge in [-0.05, 0) is 24.3 Å². The van der Waals surface area contributed by atoms with Crippen molar-refractivity contribution in [2.24, 2.45) is 11.7 Å². The number of carbonyl (C=O) groups is 2. The predicted octanol–water partition coefficient (Wildman–Crippen LogP) is 1.21. The molecule has 0 aromatic heterocycles. The predicted molar refractivity (Wildman–Crippen MR) is 103 cm³/mol. The van der Waals surface area contributed by atoms with E-state index in [1.165, 1.54) is 5.56 Å². The van der Waals surface area contributed by atoms with E-state index in [4.69, 9.17) is 5.73 Å². The number of rotatable bonds is 7. The van der Waals surface area contributed by atoms with Crippen LogP contribution in [0.5, 0.6) is 0 Å². The molecule has 0 unspecified atom stereocenters. The molecule has 1 fully saturated rings. The molecular weight excluding hydrogens is 328 g/mol. The third kappa shape index (κ3) is 5.81. The van der Waals surface area contributed by atoms with E-state index in [0.29, 0.717) is 0 Å². The summed E-state index contributed by atoms with van der Waals surface area (Å²) in [5.74, 6) is -0.271. The third-order valence-electron chi connectivity index (χ3n) is 5.18. The van der Waals surface area contributed by atoms with Gasteiger partial charge in [0.2, 0.25) is 11.8 Å². The number of piperidine rings is 1. The average molecular weight is 361 g/mol. The minimum absolute atomic E-state index is 0.0139. The van der Waals surface area contributed by atoms with E-state index < -0.39 is 6.04 Å². The van der Waals surface area contributed by atoms with Gasteiger partial charge < -0.3 is 16.0 Å². The summed E-state index contributed by atoms with van der Waals surface area (Å²) in [5.41, 5.74) is 7.12. The van der Waals surface area contributed by atoms with Crippen molar-refractivity contribution in [3.63, 3.8) is 0 Å². The standard InChI is InChI=1S/C20H32N4O2/c1-15(2)19(21)20(26)22-13-18(25)23(3)17-9-11-24(12-10-17)14-16-7-5-4-6-8-16/h4-8,15,17,19H,9-14,21H2,1-3H3,(H,22,26)/t19-/m0/s1. The second kappa shape index (κ2) is 9.69. The van der Waals surface area contributed by atoms with Crippen LogP contribution in [0.1, 0.15) is 32.3 Å². The number of likely N-dealkylation sites (tertiary alicyclic amines) is 1. The summed E-state index contributed by atoms with van der Waals surface area (Å²) in [5, 5.41) is 2.66. The van der Waals surface area contributed by atoms with Crippen molar-refractivity contribution in [1.82, 2.24) is 15.1 Å². The zero-order valence-electron chi connectivity index (χ0n) is 16.1. The number of likely N-dealkylation sites (N-methyl/N-ethyl adjacent to an activating group) is 1. The van der Waals surface area contributed by atoms with E-state index in [-0.39, 0.29) is 30.3 Å². The zero-order chi connectivity index (χ0) is 19.1. The summed E-state index contributed by atoms with van der Waals surface area (Å²) in [6.07, 6.45) is 1.91. The van der Waals surface area contributed by atoms with Gasteiger partial charge in [-0.3, -0.25) is 14.5 Å². The van der Waals surface area contributed by atoms with Crippen molar-refractivity contribution in [2.45, 2.75) is 45.3 Å². The largest absolute Gasteiger partial charge is 0.346 e. The van der Waals surface area contributed by atoms with Gasteiger partial charge in [0.15, 0.2) is 0 Å². The van der Waals surface area contributed by atoms with E-state index in [0.717, 1.165) is 32.5 Å². The third-order valence-corrected chi connectivity index (χ3v) is 5.18. The molecule has 0 saturated carbocycles. The molecule has 144 valence electrons. The molecule has 6 heteroatoms. The number of benzene rings is 1. The maximum atomic E-state index is 12.4. The van der Waals surface area contributed by atoms with Gasteiger partial charge in [-0.1, -0.05) is 44.2 Å². The Morgan fingerprint density at radius 1 is 1.23 bits per heavy atom. The second-order valence-corrected chi connectivity index (χ2v) is 7.49. The highest BCUT2D eigenvalue weighted by atomic mass is 16.2. The number of nitrogens with zero attached hydrogens (tertiary/aromatic N) is 2. The molecule has 2 rings (SSSR count). The molecule has 0 aliphatic carbocycles. The molecule has 1 aromatic carbocycles. The van der Waals surface area contributed by atoms with Gasteiger partial charge in [-0.15, -0.1) is 0 Å². The summed E-state index contributed by atoms with van der Waals surface area (Å²) in [6.45, 7) is 6.70. The van der Waals surface area contributed by atoms with Gasteiger partial charge in [0.25, 0.3) is 0 Å². The summed E-state index contributed by atoms with van der Waals surface area (Å²) in [4.78, 5) is 28.5. The maximum absolute atomic E-state index is 12.4. The van der Waals surface area contributed by atoms with Crippen LogP contribution >= 0.6 is 0 Å². The van der Waals surface area contributed by atoms with Crippen LogP contribution < -0.4 is 11.1 Å². The first-order valence-corrected chi connectivity index (χ1v) is 9.43. The Morgan fingerprint density at radius 2 is 1.85 bits per heavy atom. The first kappa shape index (κ1) is 20.4. The Kier molecular flexibility index (Phi) is 7.60. The van der Waals surface area contributed by atoms with Crippen LogP contribution in [-0.4, -0.2) is 60.4 Å². The molecular formula is C20H32N4O2. The zero-order valence-corrected chi connectivity index (χ0v) is 16.1. The van der Waals surface area contributed by atoms with Crippen LogP contribution in [0.4, 0.5) is 0 Å². The molecule has 0 spiro atoms. The number of nitrogens with two attached hydrogens (primary N) is 1. The van der Waals surface area contributed by atoms with Crippen molar-refractivity contribution < 1.29 is 9.59 Å². The van der Waals surface area contributed by atoms with E-state index >= 15 is 0 Å². The lowest BCUT2D eigenvalue weighted by atomic mass is 10.0. The molecule has 0 bridgehead atoms. The van der Waals surface area contributed by atoms with Crippen LogP contribution in [0, 0.1) is 5.92 Å². The van der Waals surface area contributed by atoms with Crippen molar-refractivity contribution in [1.29, 1.82) is 0 Å². The highest BCUT2D eigenvalue weighted by molar-refractivity contribution is 5.87. The molecule has 1 saturated heterocycles. The molecule has 3 N–H and O–H groups in total. The maximum Gasteiger partial charge on any atom is 0.241 e. The van der Waals surface area contributed by atoms with Gasteiger partial charge in [0, 0.05) is 32.7 Å². The average Bonchev–Trinajstić information content (AvgIpc) is 2.66. The van der Waals surface area contributed by atoms with Crippen molar-refractivity contribution in [3.05, 3.63) is 35.9 Å². The van der Waals surface area contributed by atoms with Crippen molar-refractivity contribution in [2.75, 3.05) is 26.7 Å². The smallest absolute Gasteiger partial charge is 0.241 e. The van der Waals surface area contributed by atoms with E-state index in [1.54, 1.807) is 4.90 Å². The quantitative estimate of drug-likeness (QED) is 0.766. The van der Waals surface area contributed by atoms with E-state index in [1.807, 2.05) is 27.0 Å². The van der Waals surface area contributed by atoms with E-state index in [9.17, 15) is 9.59 Å². The summed E-state index contributed by atoms with van der Waals surface area (Å²) in [7, 11) is 1.83. The Bertz CT molecular complexity index is 583. The van der Waals surface area contributed by atoms with Gasteiger partial charge in [0.1, 0.15) is 0 Å². The number of amides is 2. The first-order valence-electron chi connectivity index (χ1n) is 9.43. The Labute approximate surface area is 156 Å². The van der Waals surface area contributed by atoms with Crippen LogP contribution in [0.15, 0.2) is 30.3 Å². The van der Waals surface area contributed by atoms with Crippen LogP contribution in [0.25, 0.3) is 0 Å². The monoisotopic (exact) mass is 360 g/mol. The first-order chi connectivity index (χ1) is 12.4. The summed E-state index contributed by atoms with van der Waals surface area (Å²) in [6, 6.07) is 10.1. The lowest BCUT2D eigenvalue weighted by Crippen LogP contribution is -2.50. The number of carbonyl (C=O) groups excluding carboxylic acids is 2. The second-order valence-electron chi connectivity index (χ2n) is 7.49.